The van der Waals surface area contributed by atoms with Crippen molar-refractivity contribution in [1.82, 2.24) is 9.03 Å². The summed E-state index contributed by atoms with van der Waals surface area (Å²) in [6, 6.07) is 0.0903. The topological polar surface area (TPSA) is 49.4 Å². The molecule has 2 aliphatic carbocycles. The minimum Gasteiger partial charge on any atom is -0.199 e. The monoisotopic (exact) mass is 300 g/mol. The van der Waals surface area contributed by atoms with Crippen LogP contribution < -0.4 is 4.72 Å². The third-order valence-corrected chi connectivity index (χ3v) is 7.41. The molecule has 20 heavy (non-hydrogen) atoms. The van der Waals surface area contributed by atoms with Crippen molar-refractivity contribution in [2.45, 2.75) is 58.4 Å². The summed E-state index contributed by atoms with van der Waals surface area (Å²) in [4.78, 5) is 0. The van der Waals surface area contributed by atoms with Crippen LogP contribution in [-0.2, 0) is 10.2 Å². The summed E-state index contributed by atoms with van der Waals surface area (Å²) in [7, 11) is -3.29. The summed E-state index contributed by atoms with van der Waals surface area (Å²) in [6.07, 6.45) is 7.37. The van der Waals surface area contributed by atoms with Crippen LogP contribution in [0.25, 0.3) is 0 Å². The van der Waals surface area contributed by atoms with Gasteiger partial charge in [0.1, 0.15) is 0 Å². The summed E-state index contributed by atoms with van der Waals surface area (Å²) < 4.78 is 29.7. The van der Waals surface area contributed by atoms with E-state index in [1.807, 2.05) is 0 Å². The molecule has 0 amide bonds. The van der Waals surface area contributed by atoms with Gasteiger partial charge in [0, 0.05) is 19.1 Å². The van der Waals surface area contributed by atoms with E-state index in [1.54, 1.807) is 4.31 Å². The fourth-order valence-corrected chi connectivity index (χ4v) is 6.28. The number of piperidine rings is 1. The van der Waals surface area contributed by atoms with Gasteiger partial charge in [0.25, 0.3) is 10.2 Å². The number of nitrogens with one attached hydrogen (secondary N) is 1. The highest BCUT2D eigenvalue weighted by Gasteiger charge is 2.43. The van der Waals surface area contributed by atoms with Gasteiger partial charge in [-0.3, -0.25) is 0 Å². The molecule has 3 rings (SSSR count). The molecule has 1 heterocycles. The summed E-state index contributed by atoms with van der Waals surface area (Å²) in [6.45, 7) is 5.57. The first-order valence-electron chi connectivity index (χ1n) is 8.23. The van der Waals surface area contributed by atoms with E-state index < -0.39 is 10.2 Å². The molecule has 116 valence electrons. The van der Waals surface area contributed by atoms with Gasteiger partial charge in [-0.2, -0.15) is 17.4 Å². The van der Waals surface area contributed by atoms with Crippen LogP contribution in [0, 0.1) is 23.7 Å². The number of hydrogen-bond donors (Lipinski definition) is 1. The van der Waals surface area contributed by atoms with Crippen LogP contribution in [0.3, 0.4) is 0 Å². The summed E-state index contributed by atoms with van der Waals surface area (Å²) in [5.41, 5.74) is 0. The van der Waals surface area contributed by atoms with Crippen molar-refractivity contribution in [3.63, 3.8) is 0 Å². The van der Waals surface area contributed by atoms with Crippen LogP contribution in [0.2, 0.25) is 0 Å². The van der Waals surface area contributed by atoms with Crippen LogP contribution in [-0.4, -0.2) is 31.9 Å². The summed E-state index contributed by atoms with van der Waals surface area (Å²) >= 11 is 0. The number of hydrogen-bond acceptors (Lipinski definition) is 2. The highest BCUT2D eigenvalue weighted by molar-refractivity contribution is 7.87. The van der Waals surface area contributed by atoms with Gasteiger partial charge in [-0.15, -0.1) is 0 Å². The Bertz CT molecular complexity index is 451. The molecule has 1 N–H and O–H groups in total. The Kier molecular flexibility index (Phi) is 4.13. The van der Waals surface area contributed by atoms with E-state index >= 15 is 0 Å². The van der Waals surface area contributed by atoms with Crippen LogP contribution in [0.5, 0.6) is 0 Å². The third kappa shape index (κ3) is 2.90. The molecule has 2 saturated carbocycles. The van der Waals surface area contributed by atoms with E-state index in [4.69, 9.17) is 0 Å². The first-order valence-corrected chi connectivity index (χ1v) is 9.67. The van der Waals surface area contributed by atoms with Crippen molar-refractivity contribution in [2.75, 3.05) is 13.1 Å². The zero-order valence-electron chi connectivity index (χ0n) is 12.7. The van der Waals surface area contributed by atoms with E-state index in [0.29, 0.717) is 24.9 Å². The van der Waals surface area contributed by atoms with Crippen molar-refractivity contribution in [3.8, 4) is 0 Å². The average Bonchev–Trinajstić information content (AvgIpc) is 3.00. The van der Waals surface area contributed by atoms with Crippen molar-refractivity contribution < 1.29 is 8.42 Å². The maximum absolute atomic E-state index is 12.5. The average molecular weight is 300 g/mol. The van der Waals surface area contributed by atoms with E-state index in [0.717, 1.165) is 24.7 Å². The fourth-order valence-electron chi connectivity index (χ4n) is 4.67. The van der Waals surface area contributed by atoms with Gasteiger partial charge in [-0.25, -0.2) is 0 Å². The van der Waals surface area contributed by atoms with E-state index in [2.05, 4.69) is 18.6 Å². The molecule has 1 saturated heterocycles. The minimum atomic E-state index is -3.29. The Morgan fingerprint density at radius 3 is 2.60 bits per heavy atom. The Morgan fingerprint density at radius 1 is 1.20 bits per heavy atom. The van der Waals surface area contributed by atoms with Crippen molar-refractivity contribution in [2.24, 2.45) is 23.7 Å². The second-order valence-corrected chi connectivity index (χ2v) is 9.06. The third-order valence-electron chi connectivity index (χ3n) is 5.73. The molecule has 0 aromatic rings. The molecule has 0 radical (unpaired) electrons. The highest BCUT2D eigenvalue weighted by atomic mass is 32.2. The lowest BCUT2D eigenvalue weighted by atomic mass is 9.84. The van der Waals surface area contributed by atoms with Gasteiger partial charge in [-0.05, 0) is 62.7 Å². The molecule has 5 atom stereocenters. The van der Waals surface area contributed by atoms with Gasteiger partial charge >= 0.3 is 0 Å². The first kappa shape index (κ1) is 14.8. The molecule has 5 heteroatoms. The Balaban J connectivity index is 1.61. The smallest absolute Gasteiger partial charge is 0.199 e. The number of fused-ring (bicyclic) bond motifs is 2. The Labute approximate surface area is 123 Å². The fraction of sp³-hybridized carbons (Fsp3) is 1.00. The Hall–Kier alpha value is -0.130. The largest absolute Gasteiger partial charge is 0.279 e. The number of nitrogens with zero attached hydrogens (tertiary/aromatic N) is 1. The molecular formula is C15H28N2O2S. The molecule has 0 aromatic carbocycles. The second-order valence-electron chi connectivity index (χ2n) is 7.36. The van der Waals surface area contributed by atoms with Crippen LogP contribution in [0.15, 0.2) is 0 Å². The van der Waals surface area contributed by atoms with Gasteiger partial charge in [0.05, 0.1) is 0 Å². The SMILES string of the molecule is CC1CCCN(S(=O)(=O)NC(C)C2CC3CCC2C3)C1. The zero-order chi connectivity index (χ0) is 14.3. The maximum atomic E-state index is 12.5. The molecule has 4 nitrogen and oxygen atoms in total. The van der Waals surface area contributed by atoms with Crippen molar-refractivity contribution in [3.05, 3.63) is 0 Å². The molecule has 5 unspecified atom stereocenters. The first-order chi connectivity index (χ1) is 9.45. The zero-order valence-corrected chi connectivity index (χ0v) is 13.5. The Morgan fingerprint density at radius 2 is 2.00 bits per heavy atom. The molecule has 2 bridgehead atoms. The van der Waals surface area contributed by atoms with Gasteiger partial charge in [-0.1, -0.05) is 13.3 Å². The van der Waals surface area contributed by atoms with E-state index in [-0.39, 0.29) is 6.04 Å². The molecule has 3 fully saturated rings. The predicted molar refractivity (Wildman–Crippen MR) is 80.4 cm³/mol. The van der Waals surface area contributed by atoms with Gasteiger partial charge < -0.3 is 0 Å². The predicted octanol–water partition coefficient (Wildman–Crippen LogP) is 2.38. The molecule has 1 aliphatic heterocycles. The van der Waals surface area contributed by atoms with Crippen LogP contribution in [0.4, 0.5) is 0 Å². The van der Waals surface area contributed by atoms with Crippen LogP contribution in [0.1, 0.15) is 52.4 Å². The summed E-state index contributed by atoms with van der Waals surface area (Å²) in [5.74, 6) is 2.67. The molecule has 3 aliphatic rings. The molecular weight excluding hydrogens is 272 g/mol. The lowest BCUT2D eigenvalue weighted by Crippen LogP contribution is -2.50. The number of rotatable bonds is 4. The lowest BCUT2D eigenvalue weighted by molar-refractivity contribution is 0.257. The maximum Gasteiger partial charge on any atom is 0.279 e. The lowest BCUT2D eigenvalue weighted by Gasteiger charge is -2.33. The van der Waals surface area contributed by atoms with E-state index in [1.165, 1.54) is 25.7 Å². The van der Waals surface area contributed by atoms with Crippen LogP contribution >= 0.6 is 0 Å². The quantitative estimate of drug-likeness (QED) is 0.866. The van der Waals surface area contributed by atoms with E-state index in [9.17, 15) is 8.42 Å². The standard InChI is InChI=1S/C15H28N2O2S/c1-11-4-3-7-17(10-11)20(18,19)16-12(2)15-9-13-5-6-14(15)8-13/h11-16H,3-10H2,1-2H3. The molecule has 0 aromatic heterocycles. The van der Waals surface area contributed by atoms with Crippen molar-refractivity contribution >= 4 is 10.2 Å². The second kappa shape index (κ2) is 5.58. The van der Waals surface area contributed by atoms with Gasteiger partial charge in [0.15, 0.2) is 0 Å². The minimum absolute atomic E-state index is 0.0903. The van der Waals surface area contributed by atoms with Gasteiger partial charge in [0.2, 0.25) is 0 Å². The normalized spacial score (nSPS) is 40.1. The van der Waals surface area contributed by atoms with Crippen molar-refractivity contribution in [1.29, 1.82) is 0 Å². The summed E-state index contributed by atoms with van der Waals surface area (Å²) in [5, 5.41) is 0. The molecule has 0 spiro atoms. The highest BCUT2D eigenvalue weighted by Crippen LogP contribution is 2.49.